The van der Waals surface area contributed by atoms with Gasteiger partial charge in [-0.1, -0.05) is 96.3 Å². The minimum Gasteiger partial charge on any atom is -0.463 e. The topological polar surface area (TPSA) is 65.6 Å². The Kier molecular flexibility index (Phi) is 6.88. The van der Waals surface area contributed by atoms with Crippen LogP contribution in [0.25, 0.3) is 22.7 Å². The summed E-state index contributed by atoms with van der Waals surface area (Å²) in [5.41, 5.74) is 4.27. The van der Waals surface area contributed by atoms with Crippen LogP contribution in [0.1, 0.15) is 29.7 Å². The second kappa shape index (κ2) is 10.8. The number of fused-ring (bicyclic) bond motifs is 2. The first kappa shape index (κ1) is 25.5. The van der Waals surface area contributed by atoms with Crippen molar-refractivity contribution < 1.29 is 9.53 Å². The van der Waals surface area contributed by atoms with E-state index in [1.807, 2.05) is 91.1 Å². The number of hydrogen-bond acceptors (Lipinski definition) is 5. The Morgan fingerprint density at radius 2 is 1.73 bits per heavy atom. The molecule has 40 heavy (non-hydrogen) atoms. The molecule has 5 aromatic rings. The van der Waals surface area contributed by atoms with Crippen LogP contribution in [0, 0.1) is 0 Å². The number of para-hydroxylation sites is 1. The normalized spacial score (nSPS) is 15.1. The Bertz CT molecular complexity index is 1950. The Labute approximate surface area is 235 Å². The van der Waals surface area contributed by atoms with Gasteiger partial charge < -0.3 is 9.30 Å². The van der Waals surface area contributed by atoms with Crippen molar-refractivity contribution in [2.24, 2.45) is 4.99 Å². The molecule has 2 aromatic heterocycles. The molecule has 0 aliphatic carbocycles. The van der Waals surface area contributed by atoms with E-state index in [0.717, 1.165) is 27.6 Å². The van der Waals surface area contributed by atoms with Gasteiger partial charge in [0.05, 0.1) is 28.5 Å². The van der Waals surface area contributed by atoms with E-state index in [1.54, 1.807) is 11.5 Å². The summed E-state index contributed by atoms with van der Waals surface area (Å²) in [6.07, 6.45) is 5.81. The van der Waals surface area contributed by atoms with Crippen LogP contribution in [0.4, 0.5) is 0 Å². The summed E-state index contributed by atoms with van der Waals surface area (Å²) < 4.78 is 9.82. The summed E-state index contributed by atoms with van der Waals surface area (Å²) in [5, 5.41) is 1.05. The Balaban J connectivity index is 1.64. The average molecular weight is 546 g/mol. The largest absolute Gasteiger partial charge is 0.463 e. The molecule has 198 valence electrons. The van der Waals surface area contributed by atoms with E-state index in [9.17, 15) is 9.59 Å². The van der Waals surface area contributed by atoms with Crippen molar-refractivity contribution in [2.75, 3.05) is 6.61 Å². The predicted molar refractivity (Wildman–Crippen MR) is 160 cm³/mol. The zero-order valence-electron chi connectivity index (χ0n) is 22.0. The average Bonchev–Trinajstić information content (AvgIpc) is 3.50. The molecule has 1 atom stereocenters. The van der Waals surface area contributed by atoms with Crippen molar-refractivity contribution in [2.45, 2.75) is 19.5 Å². The van der Waals surface area contributed by atoms with Crippen molar-refractivity contribution in [1.82, 2.24) is 9.13 Å². The second-order valence-corrected chi connectivity index (χ2v) is 10.4. The Morgan fingerprint density at radius 3 is 2.45 bits per heavy atom. The summed E-state index contributed by atoms with van der Waals surface area (Å²) in [5.74, 6) is -0.485. The highest BCUT2D eigenvalue weighted by Crippen LogP contribution is 2.35. The van der Waals surface area contributed by atoms with E-state index < -0.39 is 12.0 Å². The van der Waals surface area contributed by atoms with Crippen LogP contribution in [-0.2, 0) is 16.1 Å². The summed E-state index contributed by atoms with van der Waals surface area (Å²) in [6, 6.07) is 26.6. The highest BCUT2D eigenvalue weighted by atomic mass is 32.1. The van der Waals surface area contributed by atoms with Crippen LogP contribution in [0.5, 0.6) is 0 Å². The second-order valence-electron chi connectivity index (χ2n) is 9.38. The van der Waals surface area contributed by atoms with E-state index in [4.69, 9.17) is 9.73 Å². The molecule has 3 aromatic carbocycles. The number of thiazole rings is 1. The molecule has 7 heteroatoms. The molecule has 0 N–H and O–H groups in total. The molecule has 1 aliphatic heterocycles. The first-order valence-corrected chi connectivity index (χ1v) is 13.9. The molecule has 0 amide bonds. The third-order valence-corrected chi connectivity index (χ3v) is 7.90. The summed E-state index contributed by atoms with van der Waals surface area (Å²) in [6.45, 7) is 6.53. The lowest BCUT2D eigenvalue weighted by atomic mass is 9.93. The van der Waals surface area contributed by atoms with Crippen molar-refractivity contribution >= 4 is 40.0 Å². The van der Waals surface area contributed by atoms with Gasteiger partial charge in [-0.3, -0.25) is 9.36 Å². The van der Waals surface area contributed by atoms with Gasteiger partial charge in [0.15, 0.2) is 4.80 Å². The van der Waals surface area contributed by atoms with E-state index in [-0.39, 0.29) is 12.2 Å². The molecule has 0 unspecified atom stereocenters. The minimum absolute atomic E-state index is 0.202. The fourth-order valence-corrected chi connectivity index (χ4v) is 6.20. The molecule has 1 aliphatic rings. The van der Waals surface area contributed by atoms with Gasteiger partial charge >= 0.3 is 5.97 Å². The maximum Gasteiger partial charge on any atom is 0.338 e. The van der Waals surface area contributed by atoms with Crippen LogP contribution in [0.15, 0.2) is 119 Å². The highest BCUT2D eigenvalue weighted by molar-refractivity contribution is 7.07. The lowest BCUT2D eigenvalue weighted by molar-refractivity contribution is -0.138. The molecular weight excluding hydrogens is 518 g/mol. The van der Waals surface area contributed by atoms with Crippen LogP contribution in [-0.4, -0.2) is 21.7 Å². The van der Waals surface area contributed by atoms with Crippen molar-refractivity contribution in [3.63, 3.8) is 0 Å². The molecular formula is C33H27N3O3S. The number of hydrogen-bond donors (Lipinski definition) is 0. The zero-order valence-corrected chi connectivity index (χ0v) is 22.8. The van der Waals surface area contributed by atoms with E-state index in [0.29, 0.717) is 27.1 Å². The van der Waals surface area contributed by atoms with Crippen LogP contribution in [0.3, 0.4) is 0 Å². The maximum atomic E-state index is 14.1. The number of nitrogens with zero attached hydrogens (tertiary/aromatic N) is 3. The van der Waals surface area contributed by atoms with Crippen LogP contribution < -0.4 is 14.9 Å². The summed E-state index contributed by atoms with van der Waals surface area (Å²) >= 11 is 1.32. The number of aromatic nitrogens is 2. The lowest BCUT2D eigenvalue weighted by Gasteiger charge is -2.25. The number of benzene rings is 3. The van der Waals surface area contributed by atoms with Crippen LogP contribution >= 0.6 is 11.3 Å². The first-order chi connectivity index (χ1) is 19.6. The van der Waals surface area contributed by atoms with Crippen LogP contribution in [0.2, 0.25) is 0 Å². The molecule has 6 rings (SSSR count). The van der Waals surface area contributed by atoms with Gasteiger partial charge in [-0.2, -0.15) is 0 Å². The molecule has 0 spiro atoms. The molecule has 0 saturated heterocycles. The van der Waals surface area contributed by atoms with Gasteiger partial charge in [0, 0.05) is 34.8 Å². The molecule has 0 saturated carbocycles. The SMILES string of the molecule is C=CCn1cc(/C=c2\sc3n(c2=O)[C@H](c2ccccc2)C(C(=O)OCC)=C(c2ccccc2)N=3)c2ccccc21. The number of rotatable bonds is 7. The highest BCUT2D eigenvalue weighted by Gasteiger charge is 2.35. The van der Waals surface area contributed by atoms with Gasteiger partial charge in [0.25, 0.3) is 5.56 Å². The summed E-state index contributed by atoms with van der Waals surface area (Å²) in [4.78, 5) is 33.1. The van der Waals surface area contributed by atoms with Gasteiger partial charge in [-0.25, -0.2) is 9.79 Å². The zero-order chi connectivity index (χ0) is 27.6. The van der Waals surface area contributed by atoms with Gasteiger partial charge in [0.2, 0.25) is 0 Å². The number of ether oxygens (including phenoxy) is 1. The lowest BCUT2D eigenvalue weighted by Crippen LogP contribution is -2.39. The smallest absolute Gasteiger partial charge is 0.338 e. The molecule has 0 bridgehead atoms. The Morgan fingerprint density at radius 1 is 1.02 bits per heavy atom. The summed E-state index contributed by atoms with van der Waals surface area (Å²) in [7, 11) is 0. The minimum atomic E-state index is -0.684. The fraction of sp³-hybridized carbons (Fsp3) is 0.121. The van der Waals surface area contributed by atoms with Gasteiger partial charge in [0.1, 0.15) is 0 Å². The molecule has 3 heterocycles. The fourth-order valence-electron chi connectivity index (χ4n) is 5.21. The first-order valence-electron chi connectivity index (χ1n) is 13.1. The molecule has 6 nitrogen and oxygen atoms in total. The number of carbonyl (C=O) groups is 1. The monoisotopic (exact) mass is 545 g/mol. The van der Waals surface area contributed by atoms with Crippen molar-refractivity contribution in [3.05, 3.63) is 146 Å². The maximum absolute atomic E-state index is 14.1. The number of allylic oxidation sites excluding steroid dienone is 1. The Hall–Kier alpha value is -4.75. The molecule has 0 radical (unpaired) electrons. The number of carbonyl (C=O) groups excluding carboxylic acids is 1. The molecule has 0 fully saturated rings. The number of esters is 1. The van der Waals surface area contributed by atoms with Crippen molar-refractivity contribution in [3.8, 4) is 0 Å². The van der Waals surface area contributed by atoms with Crippen molar-refractivity contribution in [1.29, 1.82) is 0 Å². The van der Waals surface area contributed by atoms with Gasteiger partial charge in [-0.05, 0) is 24.6 Å². The third kappa shape index (κ3) is 4.44. The standard InChI is InChI=1S/C33H27N3O3S/c1-3-19-35-21-24(25-17-11-12-18-26(25)35)20-27-31(37)36-30(23-15-9-6-10-16-23)28(32(38)39-4-2)29(34-33(36)40-27)22-13-7-5-8-14-22/h3,5-18,20-21,30H,1,4,19H2,2H3/b27-20-/t30-/m1/s1. The quantitative estimate of drug-likeness (QED) is 0.212. The van der Waals surface area contributed by atoms with E-state index in [2.05, 4.69) is 23.3 Å². The van der Waals surface area contributed by atoms with E-state index >= 15 is 0 Å². The van der Waals surface area contributed by atoms with Gasteiger partial charge in [-0.15, -0.1) is 6.58 Å². The van der Waals surface area contributed by atoms with E-state index in [1.165, 1.54) is 11.3 Å². The predicted octanol–water partition coefficient (Wildman–Crippen LogP) is 5.08. The third-order valence-electron chi connectivity index (χ3n) is 6.92.